The van der Waals surface area contributed by atoms with Crippen molar-refractivity contribution in [1.29, 1.82) is 0 Å². The molecule has 0 rings (SSSR count). The molecule has 1 unspecified atom stereocenters. The van der Waals surface area contributed by atoms with E-state index in [4.69, 9.17) is 10.8 Å². The molecular formula is C13H28N2O2. The standard InChI is InChI=1S/C13H28N2O2/c1-13(2,3)11(8-10-16)15-12(17)7-5-4-6-9-14/h11,16H,4-10,14H2,1-3H3,(H,15,17). The number of rotatable bonds is 8. The van der Waals surface area contributed by atoms with Crippen molar-refractivity contribution < 1.29 is 9.90 Å². The van der Waals surface area contributed by atoms with Gasteiger partial charge in [-0.15, -0.1) is 0 Å². The topological polar surface area (TPSA) is 75.3 Å². The van der Waals surface area contributed by atoms with Gasteiger partial charge in [-0.2, -0.15) is 0 Å². The Bertz CT molecular complexity index is 212. The molecule has 4 heteroatoms. The number of nitrogens with one attached hydrogen (secondary N) is 1. The normalized spacial score (nSPS) is 13.5. The minimum Gasteiger partial charge on any atom is -0.396 e. The van der Waals surface area contributed by atoms with Crippen LogP contribution in [0.25, 0.3) is 0 Å². The molecule has 0 saturated carbocycles. The maximum Gasteiger partial charge on any atom is 0.220 e. The third-order valence-electron chi connectivity index (χ3n) is 2.91. The van der Waals surface area contributed by atoms with Crippen molar-refractivity contribution in [2.24, 2.45) is 11.1 Å². The van der Waals surface area contributed by atoms with Gasteiger partial charge in [0.1, 0.15) is 0 Å². The highest BCUT2D eigenvalue weighted by atomic mass is 16.3. The predicted molar refractivity (Wildman–Crippen MR) is 70.6 cm³/mol. The maximum absolute atomic E-state index is 11.7. The van der Waals surface area contributed by atoms with Crippen LogP contribution in [-0.2, 0) is 4.79 Å². The van der Waals surface area contributed by atoms with E-state index in [1.54, 1.807) is 0 Å². The summed E-state index contributed by atoms with van der Waals surface area (Å²) in [6.07, 6.45) is 4.03. The third-order valence-corrected chi connectivity index (χ3v) is 2.91. The Morgan fingerprint density at radius 3 is 2.41 bits per heavy atom. The van der Waals surface area contributed by atoms with Crippen molar-refractivity contribution in [3.63, 3.8) is 0 Å². The zero-order valence-electron chi connectivity index (χ0n) is 11.5. The lowest BCUT2D eigenvalue weighted by Gasteiger charge is -2.31. The molecule has 0 aromatic rings. The van der Waals surface area contributed by atoms with Gasteiger partial charge in [0.2, 0.25) is 5.91 Å². The summed E-state index contributed by atoms with van der Waals surface area (Å²) in [6, 6.07) is 0.0366. The number of aliphatic hydroxyl groups excluding tert-OH is 1. The number of amides is 1. The molecule has 0 aromatic heterocycles. The lowest BCUT2D eigenvalue weighted by Crippen LogP contribution is -2.44. The SMILES string of the molecule is CC(C)(C)C(CCO)NC(=O)CCCCCN. The summed E-state index contributed by atoms with van der Waals surface area (Å²) < 4.78 is 0. The summed E-state index contributed by atoms with van der Waals surface area (Å²) in [5.74, 6) is 0.0791. The van der Waals surface area contributed by atoms with E-state index in [2.05, 4.69) is 26.1 Å². The Balaban J connectivity index is 3.96. The molecule has 0 saturated heterocycles. The first-order valence-corrected chi connectivity index (χ1v) is 6.52. The molecule has 0 radical (unpaired) electrons. The smallest absolute Gasteiger partial charge is 0.220 e. The van der Waals surface area contributed by atoms with Gasteiger partial charge in [0.15, 0.2) is 0 Å². The van der Waals surface area contributed by atoms with Gasteiger partial charge in [0.25, 0.3) is 0 Å². The van der Waals surface area contributed by atoms with Gasteiger partial charge in [-0.3, -0.25) is 4.79 Å². The predicted octanol–water partition coefficient (Wildman–Crippen LogP) is 1.42. The van der Waals surface area contributed by atoms with Crippen LogP contribution < -0.4 is 11.1 Å². The van der Waals surface area contributed by atoms with Crippen LogP contribution >= 0.6 is 0 Å². The molecule has 0 heterocycles. The van der Waals surface area contributed by atoms with E-state index in [1.165, 1.54) is 0 Å². The molecular weight excluding hydrogens is 216 g/mol. The van der Waals surface area contributed by atoms with Crippen LogP contribution in [0.2, 0.25) is 0 Å². The van der Waals surface area contributed by atoms with Crippen LogP contribution in [-0.4, -0.2) is 30.2 Å². The third kappa shape index (κ3) is 8.16. The van der Waals surface area contributed by atoms with Crippen LogP contribution in [0.15, 0.2) is 0 Å². The lowest BCUT2D eigenvalue weighted by atomic mass is 9.85. The van der Waals surface area contributed by atoms with Gasteiger partial charge in [0, 0.05) is 19.1 Å². The molecule has 1 amide bonds. The maximum atomic E-state index is 11.7. The Morgan fingerprint density at radius 2 is 1.94 bits per heavy atom. The van der Waals surface area contributed by atoms with E-state index in [0.717, 1.165) is 19.3 Å². The Hall–Kier alpha value is -0.610. The van der Waals surface area contributed by atoms with E-state index in [-0.39, 0.29) is 24.0 Å². The molecule has 4 N–H and O–H groups in total. The summed E-state index contributed by atoms with van der Waals surface area (Å²) in [4.78, 5) is 11.7. The summed E-state index contributed by atoms with van der Waals surface area (Å²) in [6.45, 7) is 7.01. The zero-order valence-corrected chi connectivity index (χ0v) is 11.5. The summed E-state index contributed by atoms with van der Waals surface area (Å²) >= 11 is 0. The van der Waals surface area contributed by atoms with E-state index in [0.29, 0.717) is 19.4 Å². The number of unbranched alkanes of at least 4 members (excludes halogenated alkanes) is 2. The van der Waals surface area contributed by atoms with Crippen molar-refractivity contribution >= 4 is 5.91 Å². The second kappa shape index (κ2) is 8.48. The molecule has 1 atom stereocenters. The molecule has 0 aliphatic carbocycles. The number of carbonyl (C=O) groups is 1. The molecule has 0 aliphatic heterocycles. The van der Waals surface area contributed by atoms with E-state index in [1.807, 2.05) is 0 Å². The highest BCUT2D eigenvalue weighted by Crippen LogP contribution is 2.21. The van der Waals surface area contributed by atoms with Crippen LogP contribution in [0.4, 0.5) is 0 Å². The molecule has 102 valence electrons. The van der Waals surface area contributed by atoms with Crippen molar-refractivity contribution in [2.45, 2.75) is 58.9 Å². The highest BCUT2D eigenvalue weighted by Gasteiger charge is 2.25. The number of nitrogens with two attached hydrogens (primary N) is 1. The van der Waals surface area contributed by atoms with Gasteiger partial charge >= 0.3 is 0 Å². The average molecular weight is 244 g/mol. The van der Waals surface area contributed by atoms with Crippen LogP contribution in [0.5, 0.6) is 0 Å². The van der Waals surface area contributed by atoms with Gasteiger partial charge < -0.3 is 16.2 Å². The molecule has 4 nitrogen and oxygen atoms in total. The Kier molecular flexibility index (Phi) is 8.17. The minimum absolute atomic E-state index is 0.0182. The number of aliphatic hydroxyl groups is 1. The molecule has 0 aliphatic rings. The Labute approximate surface area is 105 Å². The average Bonchev–Trinajstić information content (AvgIpc) is 2.22. The number of hydrogen-bond acceptors (Lipinski definition) is 3. The van der Waals surface area contributed by atoms with Crippen molar-refractivity contribution in [3.8, 4) is 0 Å². The molecule has 0 bridgehead atoms. The fourth-order valence-corrected chi connectivity index (χ4v) is 1.72. The van der Waals surface area contributed by atoms with Gasteiger partial charge in [-0.05, 0) is 31.2 Å². The first-order chi connectivity index (χ1) is 7.91. The van der Waals surface area contributed by atoms with Gasteiger partial charge in [-0.25, -0.2) is 0 Å². The zero-order chi connectivity index (χ0) is 13.3. The van der Waals surface area contributed by atoms with Gasteiger partial charge in [0.05, 0.1) is 0 Å². The molecule has 0 aromatic carbocycles. The molecule has 0 fully saturated rings. The van der Waals surface area contributed by atoms with Crippen LogP contribution in [0.1, 0.15) is 52.9 Å². The first-order valence-electron chi connectivity index (χ1n) is 6.52. The second-order valence-corrected chi connectivity index (χ2v) is 5.60. The quantitative estimate of drug-likeness (QED) is 0.565. The first kappa shape index (κ1) is 16.4. The lowest BCUT2D eigenvalue weighted by molar-refractivity contribution is -0.122. The van der Waals surface area contributed by atoms with Crippen molar-refractivity contribution in [1.82, 2.24) is 5.32 Å². The van der Waals surface area contributed by atoms with E-state index >= 15 is 0 Å². The minimum atomic E-state index is -0.0182. The largest absolute Gasteiger partial charge is 0.396 e. The van der Waals surface area contributed by atoms with Crippen molar-refractivity contribution in [3.05, 3.63) is 0 Å². The fourth-order valence-electron chi connectivity index (χ4n) is 1.72. The number of carbonyl (C=O) groups excluding carboxylic acids is 1. The van der Waals surface area contributed by atoms with Crippen molar-refractivity contribution in [2.75, 3.05) is 13.2 Å². The highest BCUT2D eigenvalue weighted by molar-refractivity contribution is 5.76. The second-order valence-electron chi connectivity index (χ2n) is 5.60. The fraction of sp³-hybridized carbons (Fsp3) is 0.923. The number of hydrogen-bond donors (Lipinski definition) is 3. The monoisotopic (exact) mass is 244 g/mol. The summed E-state index contributed by atoms with van der Waals surface area (Å²) in [5, 5.41) is 12.0. The summed E-state index contributed by atoms with van der Waals surface area (Å²) in [5.41, 5.74) is 5.38. The van der Waals surface area contributed by atoms with E-state index < -0.39 is 0 Å². The van der Waals surface area contributed by atoms with Crippen LogP contribution in [0, 0.1) is 5.41 Å². The molecule has 0 spiro atoms. The van der Waals surface area contributed by atoms with E-state index in [9.17, 15) is 4.79 Å². The van der Waals surface area contributed by atoms with Gasteiger partial charge in [-0.1, -0.05) is 27.2 Å². The Morgan fingerprint density at radius 1 is 1.29 bits per heavy atom. The summed E-state index contributed by atoms with van der Waals surface area (Å²) in [7, 11) is 0. The molecule has 17 heavy (non-hydrogen) atoms. The van der Waals surface area contributed by atoms with Crippen LogP contribution in [0.3, 0.4) is 0 Å².